The highest BCUT2D eigenvalue weighted by Crippen LogP contribution is 2.27. The molecule has 0 atom stereocenters. The van der Waals surface area contributed by atoms with E-state index >= 15 is 0 Å². The molecule has 164 valence electrons. The minimum atomic E-state index is -1.00. The first-order valence-corrected chi connectivity index (χ1v) is 10.0. The van der Waals surface area contributed by atoms with Crippen molar-refractivity contribution in [3.05, 3.63) is 89.6 Å². The smallest absolute Gasteiger partial charge is 0.329 e. The fourth-order valence-corrected chi connectivity index (χ4v) is 3.08. The molecule has 2 aromatic carbocycles. The second-order valence-corrected chi connectivity index (χ2v) is 7.20. The molecule has 0 radical (unpaired) electrons. The van der Waals surface area contributed by atoms with Crippen LogP contribution in [0.15, 0.2) is 78.2 Å². The Kier molecular flexibility index (Phi) is 6.51. The molecule has 3 N–H and O–H groups in total. The highest BCUT2D eigenvalue weighted by Gasteiger charge is 2.13. The summed E-state index contributed by atoms with van der Waals surface area (Å²) >= 11 is 6.03. The van der Waals surface area contributed by atoms with Crippen molar-refractivity contribution in [3.63, 3.8) is 0 Å². The molecule has 33 heavy (non-hydrogen) atoms. The largest absolute Gasteiger partial charge is 0.355 e. The van der Waals surface area contributed by atoms with Crippen molar-refractivity contribution >= 4 is 57.6 Å². The first kappa shape index (κ1) is 21.8. The van der Waals surface area contributed by atoms with Crippen molar-refractivity contribution < 1.29 is 14.0 Å². The van der Waals surface area contributed by atoms with E-state index in [0.717, 1.165) is 28.5 Å². The van der Waals surface area contributed by atoms with Gasteiger partial charge in [-0.2, -0.15) is 9.49 Å². The summed E-state index contributed by atoms with van der Waals surface area (Å²) in [7, 11) is 0. The number of hydrogen-bond acceptors (Lipinski definition) is 6. The lowest BCUT2D eigenvalue weighted by Crippen LogP contribution is -2.32. The van der Waals surface area contributed by atoms with Gasteiger partial charge in [0.25, 0.3) is 0 Å². The van der Waals surface area contributed by atoms with E-state index in [1.165, 1.54) is 18.3 Å². The summed E-state index contributed by atoms with van der Waals surface area (Å²) in [5.41, 5.74) is 4.90. The molecule has 2 amide bonds. The van der Waals surface area contributed by atoms with E-state index in [4.69, 9.17) is 11.6 Å². The van der Waals surface area contributed by atoms with Crippen LogP contribution in [-0.4, -0.2) is 28.0 Å². The first-order valence-electron chi connectivity index (χ1n) is 9.66. The van der Waals surface area contributed by atoms with Gasteiger partial charge >= 0.3 is 11.8 Å². The SMILES string of the molecule is O=C(N/N=C/c1cccnc1F)C(=O)Nc1ccc(Nc2ccnc3cc(Cl)ccc23)cc1. The number of carbonyl (C=O) groups is 2. The zero-order valence-corrected chi connectivity index (χ0v) is 17.7. The van der Waals surface area contributed by atoms with Crippen LogP contribution in [0, 0.1) is 5.95 Å². The standard InChI is InChI=1S/C23H16ClFN6O2/c24-15-3-8-18-19(9-11-26-20(18)12-15)29-16-4-6-17(7-5-16)30-22(32)23(33)31-28-13-14-2-1-10-27-21(14)25/h1-13H,(H,26,29)(H,30,32)(H,31,33)/b28-13+. The zero-order chi connectivity index (χ0) is 23.2. The number of amides is 2. The van der Waals surface area contributed by atoms with Crippen LogP contribution in [0.25, 0.3) is 10.9 Å². The number of benzene rings is 2. The zero-order valence-electron chi connectivity index (χ0n) is 16.9. The molecule has 0 saturated carbocycles. The van der Waals surface area contributed by atoms with Crippen molar-refractivity contribution in [1.29, 1.82) is 0 Å². The van der Waals surface area contributed by atoms with Crippen molar-refractivity contribution in [2.24, 2.45) is 5.10 Å². The molecule has 0 aliphatic carbocycles. The Morgan fingerprint density at radius 2 is 1.73 bits per heavy atom. The number of nitrogens with zero attached hydrogens (tertiary/aromatic N) is 3. The Morgan fingerprint density at radius 1 is 0.939 bits per heavy atom. The normalized spacial score (nSPS) is 10.8. The van der Waals surface area contributed by atoms with Crippen LogP contribution in [0.3, 0.4) is 0 Å². The van der Waals surface area contributed by atoms with Crippen LogP contribution in [0.5, 0.6) is 0 Å². The molecule has 0 aliphatic heterocycles. The fraction of sp³-hybridized carbons (Fsp3) is 0. The third kappa shape index (κ3) is 5.46. The van der Waals surface area contributed by atoms with Crippen LogP contribution in [-0.2, 0) is 9.59 Å². The van der Waals surface area contributed by atoms with Gasteiger partial charge < -0.3 is 10.6 Å². The van der Waals surface area contributed by atoms with E-state index < -0.39 is 17.8 Å². The monoisotopic (exact) mass is 462 g/mol. The van der Waals surface area contributed by atoms with E-state index in [0.29, 0.717) is 10.7 Å². The number of aromatic nitrogens is 2. The maximum absolute atomic E-state index is 13.4. The lowest BCUT2D eigenvalue weighted by atomic mass is 10.2. The van der Waals surface area contributed by atoms with E-state index in [2.05, 4.69) is 25.7 Å². The average molecular weight is 463 g/mol. The number of anilines is 3. The van der Waals surface area contributed by atoms with Crippen LogP contribution in [0.2, 0.25) is 5.02 Å². The molecule has 0 aliphatic rings. The Morgan fingerprint density at radius 3 is 2.52 bits per heavy atom. The summed E-state index contributed by atoms with van der Waals surface area (Å²) < 4.78 is 13.4. The van der Waals surface area contributed by atoms with E-state index in [1.54, 1.807) is 42.6 Å². The molecule has 0 bridgehead atoms. The third-order valence-corrected chi connectivity index (χ3v) is 4.73. The van der Waals surface area contributed by atoms with Crippen LogP contribution in [0.1, 0.15) is 5.56 Å². The van der Waals surface area contributed by atoms with Crippen LogP contribution >= 0.6 is 11.6 Å². The van der Waals surface area contributed by atoms with Gasteiger partial charge in [-0.1, -0.05) is 11.6 Å². The fourth-order valence-electron chi connectivity index (χ4n) is 2.92. The third-order valence-electron chi connectivity index (χ3n) is 4.49. The molecule has 0 unspecified atom stereocenters. The van der Waals surface area contributed by atoms with Gasteiger partial charge in [0.1, 0.15) is 0 Å². The van der Waals surface area contributed by atoms with Crippen LogP contribution in [0.4, 0.5) is 21.5 Å². The highest BCUT2D eigenvalue weighted by molar-refractivity contribution is 6.39. The minimum absolute atomic E-state index is 0.0753. The van der Waals surface area contributed by atoms with Gasteiger partial charge in [0.2, 0.25) is 5.95 Å². The van der Waals surface area contributed by atoms with Gasteiger partial charge in [-0.15, -0.1) is 0 Å². The molecular formula is C23H16ClFN6O2. The molecule has 0 fully saturated rings. The van der Waals surface area contributed by atoms with Gasteiger partial charge in [-0.05, 0) is 60.7 Å². The second kappa shape index (κ2) is 9.84. The molecule has 8 nitrogen and oxygen atoms in total. The number of rotatable bonds is 5. The maximum Gasteiger partial charge on any atom is 0.329 e. The molecule has 4 aromatic rings. The summed E-state index contributed by atoms with van der Waals surface area (Å²) in [6.45, 7) is 0. The summed E-state index contributed by atoms with van der Waals surface area (Å²) in [6, 6.07) is 17.0. The Hall–Kier alpha value is -4.37. The molecule has 4 rings (SSSR count). The summed E-state index contributed by atoms with van der Waals surface area (Å²) in [6.07, 6.45) is 4.03. The predicted octanol–water partition coefficient (Wildman–Crippen LogP) is 4.25. The number of pyridine rings is 2. The number of halogens is 2. The molecular weight excluding hydrogens is 447 g/mol. The van der Waals surface area contributed by atoms with Crippen molar-refractivity contribution in [2.45, 2.75) is 0 Å². The average Bonchev–Trinajstić information content (AvgIpc) is 2.81. The van der Waals surface area contributed by atoms with E-state index in [-0.39, 0.29) is 5.56 Å². The van der Waals surface area contributed by atoms with Crippen molar-refractivity contribution in [3.8, 4) is 0 Å². The number of nitrogens with one attached hydrogen (secondary N) is 3. The Labute approximate surface area is 192 Å². The van der Waals surface area contributed by atoms with Gasteiger partial charge in [-0.3, -0.25) is 14.6 Å². The first-order chi connectivity index (χ1) is 16.0. The minimum Gasteiger partial charge on any atom is -0.355 e. The van der Waals surface area contributed by atoms with Gasteiger partial charge in [-0.25, -0.2) is 10.4 Å². The summed E-state index contributed by atoms with van der Waals surface area (Å²) in [5.74, 6) is -2.66. The summed E-state index contributed by atoms with van der Waals surface area (Å²) in [5, 5.41) is 10.8. The molecule has 2 aromatic heterocycles. The lowest BCUT2D eigenvalue weighted by molar-refractivity contribution is -0.136. The van der Waals surface area contributed by atoms with Crippen molar-refractivity contribution in [2.75, 3.05) is 10.6 Å². The Balaban J connectivity index is 1.36. The number of hydrogen-bond donors (Lipinski definition) is 3. The molecule has 0 spiro atoms. The van der Waals surface area contributed by atoms with Crippen LogP contribution < -0.4 is 16.1 Å². The van der Waals surface area contributed by atoms with E-state index in [9.17, 15) is 14.0 Å². The topological polar surface area (TPSA) is 108 Å². The highest BCUT2D eigenvalue weighted by atomic mass is 35.5. The van der Waals surface area contributed by atoms with Gasteiger partial charge in [0.05, 0.1) is 11.7 Å². The Bertz CT molecular complexity index is 1360. The lowest BCUT2D eigenvalue weighted by Gasteiger charge is -2.11. The summed E-state index contributed by atoms with van der Waals surface area (Å²) in [4.78, 5) is 31.7. The predicted molar refractivity (Wildman–Crippen MR) is 125 cm³/mol. The van der Waals surface area contributed by atoms with Gasteiger partial charge in [0, 0.05) is 45.4 Å². The number of hydrazone groups is 1. The number of fused-ring (bicyclic) bond motifs is 1. The molecule has 2 heterocycles. The number of carbonyl (C=O) groups excluding carboxylic acids is 2. The van der Waals surface area contributed by atoms with Gasteiger partial charge in [0.15, 0.2) is 0 Å². The van der Waals surface area contributed by atoms with Crippen molar-refractivity contribution in [1.82, 2.24) is 15.4 Å². The van der Waals surface area contributed by atoms with E-state index in [1.807, 2.05) is 17.6 Å². The molecule has 10 heteroatoms. The second-order valence-electron chi connectivity index (χ2n) is 6.76. The molecule has 0 saturated heterocycles. The maximum atomic E-state index is 13.4. The quantitative estimate of drug-likeness (QED) is 0.178.